The average molecular weight is 350 g/mol. The van der Waals surface area contributed by atoms with Crippen LogP contribution in [0.25, 0.3) is 0 Å². The van der Waals surface area contributed by atoms with E-state index in [4.69, 9.17) is 11.6 Å². The van der Waals surface area contributed by atoms with E-state index in [1.807, 2.05) is 0 Å². The van der Waals surface area contributed by atoms with Gasteiger partial charge >= 0.3 is 6.61 Å². The number of alkyl halides is 2. The van der Waals surface area contributed by atoms with Crippen LogP contribution in [-0.4, -0.2) is 17.6 Å². The Morgan fingerprint density at radius 2 is 1.91 bits per heavy atom. The quantitative estimate of drug-likeness (QED) is 0.814. The molecule has 1 amide bonds. The van der Waals surface area contributed by atoms with Gasteiger partial charge in [-0.2, -0.15) is 8.78 Å². The zero-order valence-electron chi connectivity index (χ0n) is 11.1. The van der Waals surface area contributed by atoms with E-state index in [0.717, 1.165) is 12.1 Å². The number of phenolic OH excluding ortho intramolecular Hbond substituents is 1. The first-order chi connectivity index (χ1) is 10.8. The molecule has 2 aromatic carbocycles. The molecule has 0 fully saturated rings. The molecule has 0 atom stereocenters. The van der Waals surface area contributed by atoms with Gasteiger partial charge in [0.25, 0.3) is 5.91 Å². The van der Waals surface area contributed by atoms with E-state index in [0.29, 0.717) is 12.1 Å². The standard InChI is InChI=1S/C14H8ClF4NO3/c15-8-5-7(1-2-11(8)23-14(18)19)20-13(22)12-9(17)3-6(16)4-10(12)21/h1-5,14,21H,(H,20,22). The second-order valence-electron chi connectivity index (χ2n) is 4.26. The van der Waals surface area contributed by atoms with E-state index in [9.17, 15) is 27.5 Å². The van der Waals surface area contributed by atoms with Crippen molar-refractivity contribution in [3.8, 4) is 11.5 Å². The molecule has 0 spiro atoms. The lowest BCUT2D eigenvalue weighted by molar-refractivity contribution is -0.0497. The van der Waals surface area contributed by atoms with E-state index in [-0.39, 0.29) is 16.5 Å². The van der Waals surface area contributed by atoms with Crippen molar-refractivity contribution < 1.29 is 32.2 Å². The lowest BCUT2D eigenvalue weighted by Gasteiger charge is -2.10. The Balaban J connectivity index is 2.23. The molecule has 0 heterocycles. The zero-order chi connectivity index (χ0) is 17.1. The molecule has 0 aromatic heterocycles. The van der Waals surface area contributed by atoms with Crippen LogP contribution in [0, 0.1) is 11.6 Å². The summed E-state index contributed by atoms with van der Waals surface area (Å²) >= 11 is 5.70. The van der Waals surface area contributed by atoms with Crippen molar-refractivity contribution in [2.45, 2.75) is 6.61 Å². The largest absolute Gasteiger partial charge is 0.507 e. The van der Waals surface area contributed by atoms with E-state index >= 15 is 0 Å². The predicted octanol–water partition coefficient (Wildman–Crippen LogP) is 4.18. The Bertz CT molecular complexity index is 732. The van der Waals surface area contributed by atoms with Gasteiger partial charge in [0, 0.05) is 17.8 Å². The number of rotatable bonds is 4. The van der Waals surface area contributed by atoms with Gasteiger partial charge in [-0.25, -0.2) is 8.78 Å². The Labute approximate surface area is 132 Å². The van der Waals surface area contributed by atoms with Crippen LogP contribution in [0.5, 0.6) is 11.5 Å². The van der Waals surface area contributed by atoms with Gasteiger partial charge in [-0.05, 0) is 18.2 Å². The summed E-state index contributed by atoms with van der Waals surface area (Å²) in [6.45, 7) is -3.07. The third-order valence-corrected chi connectivity index (χ3v) is 2.96. The molecule has 2 aromatic rings. The Morgan fingerprint density at radius 3 is 2.48 bits per heavy atom. The van der Waals surface area contributed by atoms with Gasteiger partial charge < -0.3 is 15.2 Å². The zero-order valence-corrected chi connectivity index (χ0v) is 11.9. The Hall–Kier alpha value is -2.48. The fraction of sp³-hybridized carbons (Fsp3) is 0.0714. The van der Waals surface area contributed by atoms with E-state index in [1.165, 1.54) is 6.07 Å². The average Bonchev–Trinajstić information content (AvgIpc) is 2.40. The molecule has 2 rings (SSSR count). The molecule has 122 valence electrons. The number of hydrogen-bond donors (Lipinski definition) is 2. The molecule has 9 heteroatoms. The van der Waals surface area contributed by atoms with Gasteiger partial charge in [0.1, 0.15) is 28.7 Å². The minimum absolute atomic E-state index is 0.0322. The highest BCUT2D eigenvalue weighted by atomic mass is 35.5. The van der Waals surface area contributed by atoms with E-state index in [1.54, 1.807) is 0 Å². The topological polar surface area (TPSA) is 58.6 Å². The summed E-state index contributed by atoms with van der Waals surface area (Å²) in [5.74, 6) is -4.57. The fourth-order valence-electron chi connectivity index (χ4n) is 1.75. The summed E-state index contributed by atoms with van der Waals surface area (Å²) in [4.78, 5) is 11.9. The third-order valence-electron chi connectivity index (χ3n) is 2.67. The highest BCUT2D eigenvalue weighted by Crippen LogP contribution is 2.30. The molecule has 2 N–H and O–H groups in total. The van der Waals surface area contributed by atoms with Crippen LogP contribution in [0.2, 0.25) is 5.02 Å². The number of benzene rings is 2. The van der Waals surface area contributed by atoms with Gasteiger partial charge in [-0.15, -0.1) is 0 Å². The fourth-order valence-corrected chi connectivity index (χ4v) is 1.97. The van der Waals surface area contributed by atoms with Gasteiger partial charge in [-0.1, -0.05) is 11.6 Å². The first-order valence-corrected chi connectivity index (χ1v) is 6.39. The number of carbonyl (C=O) groups is 1. The summed E-state index contributed by atoms with van der Waals surface area (Å²) in [6.07, 6.45) is 0. The number of nitrogens with one attached hydrogen (secondary N) is 1. The highest BCUT2D eigenvalue weighted by molar-refractivity contribution is 6.32. The van der Waals surface area contributed by atoms with E-state index in [2.05, 4.69) is 10.1 Å². The van der Waals surface area contributed by atoms with Gasteiger partial charge in [-0.3, -0.25) is 4.79 Å². The minimum Gasteiger partial charge on any atom is -0.507 e. The predicted molar refractivity (Wildman–Crippen MR) is 74.1 cm³/mol. The SMILES string of the molecule is O=C(Nc1ccc(OC(F)F)c(Cl)c1)c1c(O)cc(F)cc1F. The molecule has 23 heavy (non-hydrogen) atoms. The molecule has 0 saturated heterocycles. The minimum atomic E-state index is -3.07. The van der Waals surface area contributed by atoms with Crippen LogP contribution >= 0.6 is 11.6 Å². The molecule has 0 radical (unpaired) electrons. The number of aromatic hydroxyl groups is 1. The summed E-state index contributed by atoms with van der Waals surface area (Å²) in [7, 11) is 0. The maximum absolute atomic E-state index is 13.6. The number of hydrogen-bond acceptors (Lipinski definition) is 3. The van der Waals surface area contributed by atoms with Crippen LogP contribution in [0.3, 0.4) is 0 Å². The van der Waals surface area contributed by atoms with Crippen LogP contribution in [0.15, 0.2) is 30.3 Å². The molecule has 0 aliphatic carbocycles. The monoisotopic (exact) mass is 349 g/mol. The number of anilines is 1. The summed E-state index contributed by atoms with van der Waals surface area (Å²) in [5.41, 5.74) is -0.736. The lowest BCUT2D eigenvalue weighted by Crippen LogP contribution is -2.14. The summed E-state index contributed by atoms with van der Waals surface area (Å²) in [5, 5.41) is 11.4. The van der Waals surface area contributed by atoms with Crippen molar-refractivity contribution in [3.63, 3.8) is 0 Å². The van der Waals surface area contributed by atoms with Crippen molar-refractivity contribution >= 4 is 23.2 Å². The number of amides is 1. The molecular formula is C14H8ClF4NO3. The molecular weight excluding hydrogens is 342 g/mol. The number of ether oxygens (including phenoxy) is 1. The molecule has 0 unspecified atom stereocenters. The number of carbonyl (C=O) groups excluding carboxylic acids is 1. The molecule has 4 nitrogen and oxygen atoms in total. The Kier molecular flexibility index (Phi) is 4.95. The molecule has 0 saturated carbocycles. The van der Waals surface area contributed by atoms with Crippen molar-refractivity contribution in [1.29, 1.82) is 0 Å². The molecule has 0 aliphatic heterocycles. The second kappa shape index (κ2) is 6.74. The number of phenols is 1. The lowest BCUT2D eigenvalue weighted by atomic mass is 10.1. The first-order valence-electron chi connectivity index (χ1n) is 6.01. The highest BCUT2D eigenvalue weighted by Gasteiger charge is 2.19. The summed E-state index contributed by atoms with van der Waals surface area (Å²) in [6, 6.07) is 4.35. The second-order valence-corrected chi connectivity index (χ2v) is 4.67. The maximum Gasteiger partial charge on any atom is 0.387 e. The summed E-state index contributed by atoms with van der Waals surface area (Å²) < 4.78 is 54.8. The van der Waals surface area contributed by atoms with Gasteiger partial charge in [0.2, 0.25) is 0 Å². The van der Waals surface area contributed by atoms with Crippen molar-refractivity contribution in [1.82, 2.24) is 0 Å². The van der Waals surface area contributed by atoms with Gasteiger partial charge in [0.15, 0.2) is 0 Å². The molecule has 0 bridgehead atoms. The van der Waals surface area contributed by atoms with Crippen LogP contribution < -0.4 is 10.1 Å². The van der Waals surface area contributed by atoms with Gasteiger partial charge in [0.05, 0.1) is 5.02 Å². The normalized spacial score (nSPS) is 10.7. The van der Waals surface area contributed by atoms with Crippen molar-refractivity contribution in [2.75, 3.05) is 5.32 Å². The maximum atomic E-state index is 13.6. The molecule has 0 aliphatic rings. The van der Waals surface area contributed by atoms with Crippen molar-refractivity contribution in [3.05, 3.63) is 52.6 Å². The Morgan fingerprint density at radius 1 is 1.22 bits per heavy atom. The van der Waals surface area contributed by atoms with Crippen LogP contribution in [-0.2, 0) is 0 Å². The van der Waals surface area contributed by atoms with Crippen molar-refractivity contribution in [2.24, 2.45) is 0 Å². The van der Waals surface area contributed by atoms with Crippen LogP contribution in [0.1, 0.15) is 10.4 Å². The van der Waals surface area contributed by atoms with Crippen LogP contribution in [0.4, 0.5) is 23.2 Å². The third kappa shape index (κ3) is 4.04. The first kappa shape index (κ1) is 16.9. The van der Waals surface area contributed by atoms with E-state index < -0.39 is 35.5 Å². The smallest absolute Gasteiger partial charge is 0.387 e. The number of halogens is 5.